The van der Waals surface area contributed by atoms with E-state index in [4.69, 9.17) is 4.98 Å². The van der Waals surface area contributed by atoms with Crippen LogP contribution in [0.5, 0.6) is 0 Å². The standard InChI is InChI=1S/C51H34N3S/c1-55-47-25-12-7-19-40(47)51(39-18-6-10-23-45(39)54-44-22-9-5-16-37(44)38-17-13-20-42(51)49(38)54)41-31-30-35(32-48(41)55)33-26-28-34(29-27-33)50-52-43-21-8-11-24-46(43)53(50)36-14-3-2-4-15-36/h2-32H,1H3/q+1. The van der Waals surface area contributed by atoms with Gasteiger partial charge in [-0.2, -0.15) is 0 Å². The van der Waals surface area contributed by atoms with Gasteiger partial charge in [0.1, 0.15) is 12.1 Å². The Bertz CT molecular complexity index is 3170. The van der Waals surface area contributed by atoms with Crippen molar-refractivity contribution in [2.24, 2.45) is 0 Å². The van der Waals surface area contributed by atoms with Crippen LogP contribution in [0.3, 0.4) is 0 Å². The summed E-state index contributed by atoms with van der Waals surface area (Å²) in [5.74, 6) is 0.945. The average Bonchev–Trinajstić information content (AvgIpc) is 3.81. The Morgan fingerprint density at radius 1 is 0.455 bits per heavy atom. The summed E-state index contributed by atoms with van der Waals surface area (Å²) in [6.45, 7) is 0. The quantitative estimate of drug-likeness (QED) is 0.167. The van der Waals surface area contributed by atoms with Crippen LogP contribution in [0.2, 0.25) is 0 Å². The van der Waals surface area contributed by atoms with E-state index in [0.29, 0.717) is 0 Å². The van der Waals surface area contributed by atoms with Gasteiger partial charge >= 0.3 is 0 Å². The molecule has 0 saturated carbocycles. The largest absolute Gasteiger partial charge is 0.309 e. The fourth-order valence-electron chi connectivity index (χ4n) is 9.72. The lowest BCUT2D eigenvalue weighted by molar-refractivity contribution is 0.687. The van der Waals surface area contributed by atoms with Crippen LogP contribution in [0.1, 0.15) is 22.3 Å². The molecule has 258 valence electrons. The molecule has 0 saturated heterocycles. The van der Waals surface area contributed by atoms with Gasteiger partial charge in [-0.1, -0.05) is 140 Å². The molecule has 0 amide bonds. The van der Waals surface area contributed by atoms with Gasteiger partial charge in [0.15, 0.2) is 9.79 Å². The molecule has 0 radical (unpaired) electrons. The van der Waals surface area contributed by atoms with E-state index in [9.17, 15) is 0 Å². The third-order valence-corrected chi connectivity index (χ3v) is 14.0. The molecule has 2 unspecified atom stereocenters. The highest BCUT2D eigenvalue weighted by Gasteiger charge is 2.54. The van der Waals surface area contributed by atoms with E-state index in [0.717, 1.165) is 28.1 Å². The fraction of sp³-hybridized carbons (Fsp3) is 0.0392. The topological polar surface area (TPSA) is 22.8 Å². The Morgan fingerprint density at radius 2 is 1.09 bits per heavy atom. The van der Waals surface area contributed by atoms with E-state index in [1.807, 2.05) is 0 Å². The molecule has 0 N–H and O–H groups in total. The first-order chi connectivity index (χ1) is 27.2. The first kappa shape index (κ1) is 30.8. The molecule has 55 heavy (non-hydrogen) atoms. The van der Waals surface area contributed by atoms with Crippen LogP contribution in [0, 0.1) is 0 Å². The summed E-state index contributed by atoms with van der Waals surface area (Å²) >= 11 is 0. The van der Waals surface area contributed by atoms with Crippen molar-refractivity contribution in [1.82, 2.24) is 14.1 Å². The van der Waals surface area contributed by atoms with Crippen LogP contribution >= 0.6 is 0 Å². The molecule has 0 fully saturated rings. The minimum Gasteiger partial charge on any atom is -0.309 e. The zero-order chi connectivity index (χ0) is 36.3. The van der Waals surface area contributed by atoms with Gasteiger partial charge in [-0.15, -0.1) is 0 Å². The predicted octanol–water partition coefficient (Wildman–Crippen LogP) is 12.1. The molecule has 1 spiro atoms. The van der Waals surface area contributed by atoms with Gasteiger partial charge in [0, 0.05) is 39.2 Å². The monoisotopic (exact) mass is 720 g/mol. The van der Waals surface area contributed by atoms with Crippen LogP contribution in [-0.4, -0.2) is 20.4 Å². The van der Waals surface area contributed by atoms with Crippen molar-refractivity contribution < 1.29 is 0 Å². The van der Waals surface area contributed by atoms with Gasteiger partial charge in [0.2, 0.25) is 0 Å². The van der Waals surface area contributed by atoms with Crippen molar-refractivity contribution in [3.63, 3.8) is 0 Å². The lowest BCUT2D eigenvalue weighted by Crippen LogP contribution is -2.40. The summed E-state index contributed by atoms with van der Waals surface area (Å²) in [6.07, 6.45) is 2.41. The molecule has 12 rings (SSSR count). The number of fused-ring (bicyclic) bond motifs is 12. The molecule has 2 aliphatic heterocycles. The van der Waals surface area contributed by atoms with Crippen molar-refractivity contribution in [1.29, 1.82) is 0 Å². The van der Waals surface area contributed by atoms with Crippen LogP contribution < -0.4 is 0 Å². The summed E-state index contributed by atoms with van der Waals surface area (Å²) in [5, 5.41) is 2.60. The van der Waals surface area contributed by atoms with Crippen LogP contribution in [0.4, 0.5) is 0 Å². The first-order valence-electron chi connectivity index (χ1n) is 18.9. The normalized spacial score (nSPS) is 16.7. The number of hydrogen-bond acceptors (Lipinski definition) is 1. The third kappa shape index (κ3) is 4.09. The highest BCUT2D eigenvalue weighted by molar-refractivity contribution is 7.96. The Labute approximate surface area is 322 Å². The molecular weight excluding hydrogens is 687 g/mol. The smallest absolute Gasteiger partial charge is 0.165 e. The maximum atomic E-state index is 5.13. The molecule has 2 aromatic heterocycles. The Balaban J connectivity index is 1.06. The SMILES string of the molecule is C[S+]1c2ccccc2C2(c3ccccc3-n3c4ccccc4c4cccc2c43)c2ccc(-c3ccc(-c4nc5ccccc5n4-c4ccccc4)cc3)cc21. The van der Waals surface area contributed by atoms with Gasteiger partial charge in [-0.05, 0) is 64.7 Å². The highest BCUT2D eigenvalue weighted by atomic mass is 32.2. The lowest BCUT2D eigenvalue weighted by Gasteiger charge is -2.44. The number of rotatable bonds is 3. The number of para-hydroxylation sites is 6. The molecule has 2 atom stereocenters. The number of benzene rings is 8. The van der Waals surface area contributed by atoms with Crippen molar-refractivity contribution in [3.8, 4) is 33.9 Å². The minimum absolute atomic E-state index is 0.138. The fourth-order valence-corrected chi connectivity index (χ4v) is 11.6. The average molecular weight is 721 g/mol. The van der Waals surface area contributed by atoms with Crippen molar-refractivity contribution in [3.05, 3.63) is 210 Å². The second-order valence-corrected chi connectivity index (χ2v) is 16.6. The van der Waals surface area contributed by atoms with E-state index in [-0.39, 0.29) is 10.9 Å². The zero-order valence-corrected chi connectivity index (χ0v) is 31.0. The number of aromatic nitrogens is 3. The number of nitrogens with zero attached hydrogens (tertiary/aromatic N) is 3. The minimum atomic E-state index is -0.467. The molecule has 2 aliphatic rings. The van der Waals surface area contributed by atoms with E-state index in [1.165, 1.54) is 70.7 Å². The Hall–Kier alpha value is -6.62. The van der Waals surface area contributed by atoms with Gasteiger partial charge in [0.25, 0.3) is 0 Å². The second-order valence-electron chi connectivity index (χ2n) is 14.7. The van der Waals surface area contributed by atoms with E-state index >= 15 is 0 Å². The van der Waals surface area contributed by atoms with Crippen LogP contribution in [-0.2, 0) is 16.3 Å². The van der Waals surface area contributed by atoms with Crippen molar-refractivity contribution in [2.45, 2.75) is 15.2 Å². The van der Waals surface area contributed by atoms with E-state index in [2.05, 4.69) is 203 Å². The zero-order valence-electron chi connectivity index (χ0n) is 30.1. The lowest BCUT2D eigenvalue weighted by atomic mass is 9.62. The summed E-state index contributed by atoms with van der Waals surface area (Å²) in [7, 11) is -0.138. The van der Waals surface area contributed by atoms with Gasteiger partial charge in [-0.3, -0.25) is 4.57 Å². The van der Waals surface area contributed by atoms with Gasteiger partial charge in [-0.25, -0.2) is 4.98 Å². The molecule has 10 aromatic rings. The van der Waals surface area contributed by atoms with E-state index < -0.39 is 5.41 Å². The van der Waals surface area contributed by atoms with E-state index in [1.54, 1.807) is 0 Å². The molecular formula is C51H34N3S+. The van der Waals surface area contributed by atoms with Crippen LogP contribution in [0.15, 0.2) is 198 Å². The maximum absolute atomic E-state index is 5.13. The molecule has 8 aromatic carbocycles. The molecule has 3 nitrogen and oxygen atoms in total. The highest BCUT2D eigenvalue weighted by Crippen LogP contribution is 2.59. The third-order valence-electron chi connectivity index (χ3n) is 12.0. The second kappa shape index (κ2) is 11.4. The van der Waals surface area contributed by atoms with Crippen molar-refractivity contribution >= 4 is 43.7 Å². The Morgan fingerprint density at radius 3 is 1.96 bits per heavy atom. The number of imidazole rings is 1. The predicted molar refractivity (Wildman–Crippen MR) is 228 cm³/mol. The summed E-state index contributed by atoms with van der Waals surface area (Å²) in [6, 6.07) is 69.4. The summed E-state index contributed by atoms with van der Waals surface area (Å²) in [4.78, 5) is 7.95. The maximum Gasteiger partial charge on any atom is 0.165 e. The Kier molecular flexibility index (Phi) is 6.41. The molecule has 0 aliphatic carbocycles. The molecule has 0 bridgehead atoms. The summed E-state index contributed by atoms with van der Waals surface area (Å²) in [5.41, 5.74) is 15.5. The van der Waals surface area contributed by atoms with Gasteiger partial charge < -0.3 is 4.57 Å². The summed E-state index contributed by atoms with van der Waals surface area (Å²) < 4.78 is 4.79. The molecule has 4 heterocycles. The number of hydrogen-bond donors (Lipinski definition) is 0. The van der Waals surface area contributed by atoms with Crippen LogP contribution in [0.25, 0.3) is 66.7 Å². The van der Waals surface area contributed by atoms with Crippen molar-refractivity contribution in [2.75, 3.05) is 6.26 Å². The molecule has 4 heteroatoms. The first-order valence-corrected chi connectivity index (χ1v) is 20.5. The van der Waals surface area contributed by atoms with Gasteiger partial charge in [0.05, 0.1) is 44.1 Å².